The smallest absolute Gasteiger partial charge is 0.264 e. The highest BCUT2D eigenvalue weighted by Gasteiger charge is 2.31. The third-order valence-electron chi connectivity index (χ3n) is 4.54. The van der Waals surface area contributed by atoms with Gasteiger partial charge in [0, 0.05) is 27.8 Å². The summed E-state index contributed by atoms with van der Waals surface area (Å²) in [6.07, 6.45) is 4.06. The van der Waals surface area contributed by atoms with Crippen LogP contribution in [0.4, 0.5) is 5.69 Å². The first-order valence-electron chi connectivity index (χ1n) is 8.59. The van der Waals surface area contributed by atoms with E-state index in [2.05, 4.69) is 19.9 Å². The normalized spacial score (nSPS) is 14.5. The number of aryl methyl sites for hydroxylation is 1. The Balaban J connectivity index is 1.68. The van der Waals surface area contributed by atoms with Crippen LogP contribution in [0, 0.1) is 13.8 Å². The molecule has 1 aliphatic rings. The Morgan fingerprint density at radius 2 is 2.04 bits per heavy atom. The minimum Gasteiger partial charge on any atom is -0.419 e. The highest BCUT2D eigenvalue weighted by molar-refractivity contribution is 7.98. The van der Waals surface area contributed by atoms with E-state index in [1.807, 2.05) is 18.4 Å². The average molecular weight is 405 g/mol. The summed E-state index contributed by atoms with van der Waals surface area (Å²) in [7, 11) is -3.76. The standard InChI is InChI=1S/C18H20N4O3S2/c1-10-15(18-21-20-17(25-18)12-7-8-12)19-11(2)16(10)27(23,24)22-13-5-4-6-14(9-13)26-3/h4-6,9,12,19,22H,7-8H2,1-3H3. The number of rotatable bonds is 6. The fraction of sp³-hybridized carbons (Fsp3) is 0.333. The van der Waals surface area contributed by atoms with E-state index < -0.39 is 10.0 Å². The Bertz CT molecular complexity index is 1100. The lowest BCUT2D eigenvalue weighted by Crippen LogP contribution is -2.14. The van der Waals surface area contributed by atoms with E-state index in [-0.39, 0.29) is 4.90 Å². The van der Waals surface area contributed by atoms with Gasteiger partial charge in [-0.25, -0.2) is 8.42 Å². The number of sulfonamides is 1. The van der Waals surface area contributed by atoms with Gasteiger partial charge in [-0.1, -0.05) is 6.07 Å². The first-order valence-corrected chi connectivity index (χ1v) is 11.3. The zero-order valence-electron chi connectivity index (χ0n) is 15.2. The van der Waals surface area contributed by atoms with Crippen molar-refractivity contribution in [3.63, 3.8) is 0 Å². The molecule has 0 atom stereocenters. The number of nitrogens with zero attached hydrogens (tertiary/aromatic N) is 2. The maximum Gasteiger partial charge on any atom is 0.264 e. The van der Waals surface area contributed by atoms with Crippen LogP contribution in [0.3, 0.4) is 0 Å². The Kier molecular flexibility index (Phi) is 4.51. The summed E-state index contributed by atoms with van der Waals surface area (Å²) in [5.41, 5.74) is 2.16. The van der Waals surface area contributed by atoms with E-state index in [0.717, 1.165) is 17.7 Å². The molecule has 2 heterocycles. The summed E-state index contributed by atoms with van der Waals surface area (Å²) in [6.45, 7) is 3.47. The lowest BCUT2D eigenvalue weighted by molar-refractivity contribution is 0.507. The van der Waals surface area contributed by atoms with Gasteiger partial charge in [0.25, 0.3) is 15.9 Å². The van der Waals surface area contributed by atoms with Crippen LogP contribution >= 0.6 is 11.8 Å². The number of hydrogen-bond donors (Lipinski definition) is 2. The molecule has 27 heavy (non-hydrogen) atoms. The second kappa shape index (κ2) is 6.72. The molecule has 1 aromatic carbocycles. The average Bonchev–Trinajstić information content (AvgIpc) is 3.27. The number of H-pyrrole nitrogens is 1. The Hall–Kier alpha value is -2.26. The summed E-state index contributed by atoms with van der Waals surface area (Å²) in [4.78, 5) is 4.29. The van der Waals surface area contributed by atoms with Crippen molar-refractivity contribution in [1.29, 1.82) is 0 Å². The van der Waals surface area contributed by atoms with Crippen LogP contribution in [-0.2, 0) is 10.0 Å². The van der Waals surface area contributed by atoms with Crippen molar-refractivity contribution in [3.8, 4) is 11.6 Å². The van der Waals surface area contributed by atoms with Crippen molar-refractivity contribution < 1.29 is 12.8 Å². The Morgan fingerprint density at radius 1 is 1.26 bits per heavy atom. The minimum absolute atomic E-state index is 0.207. The van der Waals surface area contributed by atoms with Crippen LogP contribution in [0.2, 0.25) is 0 Å². The van der Waals surface area contributed by atoms with Crippen LogP contribution < -0.4 is 4.72 Å². The van der Waals surface area contributed by atoms with Gasteiger partial charge in [-0.05, 0) is 51.1 Å². The molecule has 1 fully saturated rings. The van der Waals surface area contributed by atoms with Crippen LogP contribution in [0.5, 0.6) is 0 Å². The summed E-state index contributed by atoms with van der Waals surface area (Å²) in [6, 6.07) is 7.29. The van der Waals surface area contributed by atoms with Gasteiger partial charge in [0.1, 0.15) is 10.6 Å². The van der Waals surface area contributed by atoms with E-state index in [4.69, 9.17) is 4.42 Å². The van der Waals surface area contributed by atoms with Crippen molar-refractivity contribution in [2.24, 2.45) is 0 Å². The van der Waals surface area contributed by atoms with E-state index in [0.29, 0.717) is 40.3 Å². The van der Waals surface area contributed by atoms with Crippen LogP contribution in [0.15, 0.2) is 38.5 Å². The fourth-order valence-electron chi connectivity index (χ4n) is 3.07. The van der Waals surface area contributed by atoms with E-state index >= 15 is 0 Å². The third kappa shape index (κ3) is 3.49. The molecule has 2 aromatic heterocycles. The molecule has 0 saturated heterocycles. The van der Waals surface area contributed by atoms with Gasteiger partial charge >= 0.3 is 0 Å². The van der Waals surface area contributed by atoms with Gasteiger partial charge in [-0.15, -0.1) is 22.0 Å². The predicted octanol–water partition coefficient (Wildman–Crippen LogP) is 4.08. The molecule has 0 bridgehead atoms. The summed E-state index contributed by atoms with van der Waals surface area (Å²) in [5, 5.41) is 8.17. The van der Waals surface area contributed by atoms with Crippen LogP contribution in [0.1, 0.15) is 35.9 Å². The van der Waals surface area contributed by atoms with E-state index in [9.17, 15) is 8.42 Å². The fourth-order valence-corrected chi connectivity index (χ4v) is 5.03. The second-order valence-electron chi connectivity index (χ2n) is 6.64. The number of aromatic amines is 1. The van der Waals surface area contributed by atoms with Crippen molar-refractivity contribution in [2.75, 3.05) is 11.0 Å². The zero-order valence-corrected chi connectivity index (χ0v) is 16.9. The quantitative estimate of drug-likeness (QED) is 0.600. The monoisotopic (exact) mass is 404 g/mol. The molecule has 0 amide bonds. The van der Waals surface area contributed by atoms with E-state index in [1.54, 1.807) is 37.7 Å². The lowest BCUT2D eigenvalue weighted by Gasteiger charge is -2.09. The molecule has 0 unspecified atom stereocenters. The Morgan fingerprint density at radius 3 is 2.74 bits per heavy atom. The largest absolute Gasteiger partial charge is 0.419 e. The minimum atomic E-state index is -3.76. The highest BCUT2D eigenvalue weighted by Crippen LogP contribution is 2.40. The summed E-state index contributed by atoms with van der Waals surface area (Å²) >= 11 is 1.55. The number of aromatic nitrogens is 3. The molecule has 0 aliphatic heterocycles. The van der Waals surface area contributed by atoms with E-state index in [1.165, 1.54) is 0 Å². The SMILES string of the molecule is CSc1cccc(NS(=O)(=O)c2c(C)[nH]c(-c3nnc(C4CC4)o3)c2C)c1. The molecule has 3 aromatic rings. The van der Waals surface area contributed by atoms with Gasteiger partial charge < -0.3 is 9.40 Å². The molecule has 9 heteroatoms. The summed E-state index contributed by atoms with van der Waals surface area (Å²) in [5.74, 6) is 1.28. The first-order chi connectivity index (χ1) is 12.9. The van der Waals surface area contributed by atoms with Gasteiger partial charge in [0.05, 0.1) is 0 Å². The molecule has 1 aliphatic carbocycles. The van der Waals surface area contributed by atoms with Crippen molar-refractivity contribution in [1.82, 2.24) is 15.2 Å². The van der Waals surface area contributed by atoms with Crippen LogP contribution in [-0.4, -0.2) is 29.9 Å². The van der Waals surface area contributed by atoms with Crippen molar-refractivity contribution in [2.45, 2.75) is 42.4 Å². The van der Waals surface area contributed by atoms with Crippen LogP contribution in [0.25, 0.3) is 11.6 Å². The molecular weight excluding hydrogens is 384 g/mol. The highest BCUT2D eigenvalue weighted by atomic mass is 32.2. The zero-order chi connectivity index (χ0) is 19.2. The molecule has 0 spiro atoms. The molecule has 7 nitrogen and oxygen atoms in total. The van der Waals surface area contributed by atoms with Gasteiger partial charge in [0.15, 0.2) is 0 Å². The van der Waals surface area contributed by atoms with Crippen molar-refractivity contribution >= 4 is 27.5 Å². The first kappa shape index (κ1) is 18.1. The molecule has 1 saturated carbocycles. The predicted molar refractivity (Wildman–Crippen MR) is 105 cm³/mol. The van der Waals surface area contributed by atoms with Gasteiger partial charge in [0.2, 0.25) is 5.89 Å². The summed E-state index contributed by atoms with van der Waals surface area (Å²) < 4.78 is 34.4. The van der Waals surface area contributed by atoms with Gasteiger partial charge in [-0.3, -0.25) is 4.72 Å². The van der Waals surface area contributed by atoms with Gasteiger partial charge in [-0.2, -0.15) is 0 Å². The number of hydrogen-bond acceptors (Lipinski definition) is 6. The maximum atomic E-state index is 13.0. The third-order valence-corrected chi connectivity index (χ3v) is 6.92. The topological polar surface area (TPSA) is 101 Å². The lowest BCUT2D eigenvalue weighted by atomic mass is 10.2. The Labute approximate surface area is 162 Å². The maximum absolute atomic E-state index is 13.0. The van der Waals surface area contributed by atoms with Crippen molar-refractivity contribution in [3.05, 3.63) is 41.4 Å². The number of anilines is 1. The number of benzene rings is 1. The molecule has 142 valence electrons. The number of nitrogens with one attached hydrogen (secondary N) is 2. The molecular formula is C18H20N4O3S2. The number of thioether (sulfide) groups is 1. The molecule has 0 radical (unpaired) electrons. The second-order valence-corrected chi connectivity index (χ2v) is 9.14. The molecule has 4 rings (SSSR count). The molecule has 2 N–H and O–H groups in total.